The molecule has 0 amide bonds. The van der Waals surface area contributed by atoms with Crippen molar-refractivity contribution in [3.63, 3.8) is 0 Å². The molecule has 0 aromatic heterocycles. The summed E-state index contributed by atoms with van der Waals surface area (Å²) in [5.41, 5.74) is -13.1. The van der Waals surface area contributed by atoms with Gasteiger partial charge in [0.15, 0.2) is 0 Å². The van der Waals surface area contributed by atoms with Crippen LogP contribution in [0.1, 0.15) is 25.7 Å². The van der Waals surface area contributed by atoms with Gasteiger partial charge in [0, 0.05) is 0 Å². The Bertz CT molecular complexity index is 437. The van der Waals surface area contributed by atoms with Gasteiger partial charge in [0.2, 0.25) is 0 Å². The molecule has 0 aromatic rings. The smallest absolute Gasteiger partial charge is 0.170 e. The van der Waals surface area contributed by atoms with Crippen LogP contribution in [0, 0.1) is 10.8 Å². The summed E-state index contributed by atoms with van der Waals surface area (Å²) in [4.78, 5) is 0. The maximum absolute atomic E-state index is 12.6. The fourth-order valence-electron chi connectivity index (χ4n) is 2.60. The van der Waals surface area contributed by atoms with Gasteiger partial charge < -0.3 is 0 Å². The normalized spacial score (nSPS) is 16.2. The maximum Gasteiger partial charge on any atom is 0.412 e. The molecule has 0 fully saturated rings. The van der Waals surface area contributed by atoms with E-state index in [0.717, 1.165) is 0 Å². The molecular weight excluding hydrogens is 486 g/mol. The topological polar surface area (TPSA) is 0 Å². The summed E-state index contributed by atoms with van der Waals surface area (Å²) in [6, 6.07) is 0. The van der Waals surface area contributed by atoms with Gasteiger partial charge in [-0.1, -0.05) is 12.8 Å². The Hall–Kier alpha value is -1.26. The van der Waals surface area contributed by atoms with E-state index in [1.54, 1.807) is 0 Å². The Morgan fingerprint density at radius 1 is 0.267 bits per heavy atom. The molecule has 0 saturated carbocycles. The average molecular weight is 494 g/mol. The highest BCUT2D eigenvalue weighted by atomic mass is 19.4. The van der Waals surface area contributed by atoms with Crippen molar-refractivity contribution in [2.45, 2.75) is 62.7 Å². The first-order valence-electron chi connectivity index (χ1n) is 7.11. The van der Waals surface area contributed by atoms with E-state index in [-0.39, 0.29) is 0 Å². The zero-order chi connectivity index (χ0) is 24.8. The van der Waals surface area contributed by atoms with Gasteiger partial charge in [-0.15, -0.1) is 0 Å². The summed E-state index contributed by atoms with van der Waals surface area (Å²) in [6.45, 7) is 0. The second-order valence-corrected chi connectivity index (χ2v) is 6.00. The Labute approximate surface area is 154 Å². The highest BCUT2D eigenvalue weighted by molar-refractivity contribution is 5.01. The lowest BCUT2D eigenvalue weighted by atomic mass is 9.76. The standard InChI is InChI=1S/C12H8F18/c13-7(14,15)5(8(16,17)18,9(19,20)21)3-1-2-4-6(10(22,23)24,11(25,26)27)12(28,29)30/h1-4H2. The summed E-state index contributed by atoms with van der Waals surface area (Å²) in [5.74, 6) is 0. The summed E-state index contributed by atoms with van der Waals surface area (Å²) >= 11 is 0. The van der Waals surface area contributed by atoms with Gasteiger partial charge in [-0.05, 0) is 12.8 Å². The second kappa shape index (κ2) is 7.70. The molecule has 182 valence electrons. The highest BCUT2D eigenvalue weighted by Gasteiger charge is 2.84. The van der Waals surface area contributed by atoms with E-state index in [1.807, 2.05) is 0 Å². The fraction of sp³-hybridized carbons (Fsp3) is 1.00. The summed E-state index contributed by atoms with van der Waals surface area (Å²) in [7, 11) is 0. The van der Waals surface area contributed by atoms with Gasteiger partial charge in [0.1, 0.15) is 0 Å². The Morgan fingerprint density at radius 2 is 0.400 bits per heavy atom. The minimum atomic E-state index is -7.15. The molecule has 0 aliphatic carbocycles. The first kappa shape index (κ1) is 28.7. The van der Waals surface area contributed by atoms with E-state index in [0.29, 0.717) is 0 Å². The molecule has 0 radical (unpaired) electrons. The van der Waals surface area contributed by atoms with Crippen LogP contribution in [-0.2, 0) is 0 Å². The molecule has 0 heterocycles. The number of unbranched alkanes of at least 4 members (excludes halogenated alkanes) is 1. The lowest BCUT2D eigenvalue weighted by molar-refractivity contribution is -0.434. The van der Waals surface area contributed by atoms with Crippen molar-refractivity contribution >= 4 is 0 Å². The van der Waals surface area contributed by atoms with Crippen LogP contribution in [0.3, 0.4) is 0 Å². The van der Waals surface area contributed by atoms with E-state index in [9.17, 15) is 79.0 Å². The number of alkyl halides is 18. The van der Waals surface area contributed by atoms with Gasteiger partial charge in [-0.3, -0.25) is 0 Å². The number of hydrogen-bond donors (Lipinski definition) is 0. The van der Waals surface area contributed by atoms with Crippen molar-refractivity contribution < 1.29 is 79.0 Å². The molecule has 0 N–H and O–H groups in total. The molecule has 0 rings (SSSR count). The molecule has 0 spiro atoms. The van der Waals surface area contributed by atoms with Gasteiger partial charge >= 0.3 is 37.1 Å². The van der Waals surface area contributed by atoms with E-state index >= 15 is 0 Å². The maximum atomic E-state index is 12.6. The molecule has 30 heavy (non-hydrogen) atoms. The number of halogens is 18. The van der Waals surface area contributed by atoms with Crippen LogP contribution in [0.4, 0.5) is 79.0 Å². The van der Waals surface area contributed by atoms with E-state index < -0.39 is 73.6 Å². The molecule has 0 aromatic carbocycles. The third kappa shape index (κ3) is 4.65. The van der Waals surface area contributed by atoms with Gasteiger partial charge in [-0.2, -0.15) is 79.0 Å². The van der Waals surface area contributed by atoms with Crippen LogP contribution in [0.2, 0.25) is 0 Å². The Balaban J connectivity index is 6.07. The first-order chi connectivity index (χ1) is 12.7. The van der Waals surface area contributed by atoms with E-state index in [1.165, 1.54) is 0 Å². The van der Waals surface area contributed by atoms with Crippen LogP contribution in [-0.4, -0.2) is 37.1 Å². The summed E-state index contributed by atoms with van der Waals surface area (Å²) < 4.78 is 227. The van der Waals surface area contributed by atoms with E-state index in [4.69, 9.17) is 0 Å². The second-order valence-electron chi connectivity index (χ2n) is 6.00. The monoisotopic (exact) mass is 494 g/mol. The third-order valence-corrected chi connectivity index (χ3v) is 4.26. The number of hydrogen-bond acceptors (Lipinski definition) is 0. The molecule has 0 aliphatic heterocycles. The van der Waals surface area contributed by atoms with Gasteiger partial charge in [0.05, 0.1) is 0 Å². The highest BCUT2D eigenvalue weighted by Crippen LogP contribution is 2.64. The SMILES string of the molecule is FC(F)(F)C(CCCCC(C(F)(F)F)(C(F)(F)F)C(F)(F)F)(C(F)(F)F)C(F)(F)F. The van der Waals surface area contributed by atoms with Crippen molar-refractivity contribution in [1.29, 1.82) is 0 Å². The average Bonchev–Trinajstić information content (AvgIpc) is 2.32. The van der Waals surface area contributed by atoms with Crippen LogP contribution in [0.5, 0.6) is 0 Å². The molecular formula is C12H8F18. The Morgan fingerprint density at radius 3 is 0.500 bits per heavy atom. The largest absolute Gasteiger partial charge is 0.412 e. The molecule has 0 unspecified atom stereocenters. The van der Waals surface area contributed by atoms with Crippen molar-refractivity contribution in [2.75, 3.05) is 0 Å². The van der Waals surface area contributed by atoms with Crippen molar-refractivity contribution in [1.82, 2.24) is 0 Å². The van der Waals surface area contributed by atoms with Crippen LogP contribution < -0.4 is 0 Å². The first-order valence-corrected chi connectivity index (χ1v) is 7.11. The summed E-state index contributed by atoms with van der Waals surface area (Å²) in [6.07, 6.45) is -54.0. The zero-order valence-corrected chi connectivity index (χ0v) is 13.6. The van der Waals surface area contributed by atoms with Gasteiger partial charge in [-0.25, -0.2) is 0 Å². The lowest BCUT2D eigenvalue weighted by Crippen LogP contribution is -2.60. The summed E-state index contributed by atoms with van der Waals surface area (Å²) in [5, 5.41) is 0. The van der Waals surface area contributed by atoms with Crippen LogP contribution in [0.25, 0.3) is 0 Å². The lowest BCUT2D eigenvalue weighted by Gasteiger charge is -2.40. The van der Waals surface area contributed by atoms with Crippen LogP contribution in [0.15, 0.2) is 0 Å². The number of rotatable bonds is 5. The fourth-order valence-corrected chi connectivity index (χ4v) is 2.60. The predicted octanol–water partition coefficient (Wildman–Crippen LogP) is 7.89. The molecule has 0 atom stereocenters. The van der Waals surface area contributed by atoms with Crippen LogP contribution >= 0.6 is 0 Å². The minimum Gasteiger partial charge on any atom is -0.170 e. The van der Waals surface area contributed by atoms with E-state index in [2.05, 4.69) is 0 Å². The van der Waals surface area contributed by atoms with Crippen molar-refractivity contribution in [3.05, 3.63) is 0 Å². The molecule has 0 nitrogen and oxygen atoms in total. The molecule has 0 saturated heterocycles. The molecule has 18 heteroatoms. The van der Waals surface area contributed by atoms with Gasteiger partial charge in [0.25, 0.3) is 10.8 Å². The Kier molecular flexibility index (Phi) is 7.38. The van der Waals surface area contributed by atoms with Crippen molar-refractivity contribution in [3.8, 4) is 0 Å². The molecule has 0 bridgehead atoms. The minimum absolute atomic E-state index is 2.34. The zero-order valence-electron chi connectivity index (χ0n) is 13.6. The van der Waals surface area contributed by atoms with Crippen molar-refractivity contribution in [2.24, 2.45) is 10.8 Å². The third-order valence-electron chi connectivity index (χ3n) is 4.26. The molecule has 0 aliphatic rings. The predicted molar refractivity (Wildman–Crippen MR) is 59.7 cm³/mol. The quantitative estimate of drug-likeness (QED) is 0.270.